The Kier molecular flexibility index (Phi) is 7.02. The third kappa shape index (κ3) is 5.94. The van der Waals surface area contributed by atoms with Crippen LogP contribution in [0.1, 0.15) is 39.0 Å². The number of amides is 1. The number of hydrogen-bond donors (Lipinski definition) is 0. The highest BCUT2D eigenvalue weighted by Crippen LogP contribution is 2.30. The summed E-state index contributed by atoms with van der Waals surface area (Å²) in [4.78, 5) is 18.5. The minimum absolute atomic E-state index is 0.0732. The van der Waals surface area contributed by atoms with Crippen molar-refractivity contribution >= 4 is 23.3 Å². The van der Waals surface area contributed by atoms with Gasteiger partial charge in [0.15, 0.2) is 5.82 Å². The second-order valence-corrected chi connectivity index (χ2v) is 9.66. The minimum atomic E-state index is -0.539. The van der Waals surface area contributed by atoms with E-state index in [2.05, 4.69) is 20.5 Å². The fraction of sp³-hybridized carbons (Fsp3) is 0.375. The van der Waals surface area contributed by atoms with Gasteiger partial charge in [0.2, 0.25) is 0 Å². The highest BCUT2D eigenvalue weighted by Gasteiger charge is 2.27. The molecule has 4 rings (SSSR count). The van der Waals surface area contributed by atoms with E-state index >= 15 is 0 Å². The number of tetrazole rings is 1. The lowest BCUT2D eigenvalue weighted by Crippen LogP contribution is -2.41. The molecule has 1 atom stereocenters. The molecule has 1 aliphatic rings. The predicted octanol–water partition coefficient (Wildman–Crippen LogP) is 4.70. The lowest BCUT2D eigenvalue weighted by atomic mass is 9.91. The molecule has 9 nitrogen and oxygen atoms in total. The number of pyridine rings is 1. The van der Waals surface area contributed by atoms with E-state index in [4.69, 9.17) is 21.1 Å². The van der Waals surface area contributed by atoms with Crippen LogP contribution in [0.15, 0.2) is 42.9 Å². The van der Waals surface area contributed by atoms with Crippen molar-refractivity contribution < 1.29 is 18.7 Å². The summed E-state index contributed by atoms with van der Waals surface area (Å²) in [5, 5.41) is 11.1. The van der Waals surface area contributed by atoms with Crippen molar-refractivity contribution in [2.24, 2.45) is 5.92 Å². The number of hydrogen-bond acceptors (Lipinski definition) is 7. The number of rotatable bonds is 5. The first kappa shape index (κ1) is 24.6. The van der Waals surface area contributed by atoms with Crippen molar-refractivity contribution in [3.05, 3.63) is 65.0 Å². The Bertz CT molecular complexity index is 1240. The highest BCUT2D eigenvalue weighted by atomic mass is 35.5. The largest absolute Gasteiger partial charge is 0.487 e. The summed E-state index contributed by atoms with van der Waals surface area (Å²) in [6.07, 6.45) is 4.71. The molecule has 0 fully saturated rings. The zero-order valence-corrected chi connectivity index (χ0v) is 20.7. The number of carbonyl (C=O) groups is 1. The Hall–Kier alpha value is -3.53. The number of carbonyl (C=O) groups excluding carboxylic acids is 1. The van der Waals surface area contributed by atoms with Gasteiger partial charge in [0.1, 0.15) is 30.0 Å². The summed E-state index contributed by atoms with van der Waals surface area (Å²) in [7, 11) is 0. The maximum Gasteiger partial charge on any atom is 0.410 e. The molecule has 2 aromatic heterocycles. The van der Waals surface area contributed by atoms with Crippen LogP contribution < -0.4 is 4.74 Å². The van der Waals surface area contributed by atoms with Crippen LogP contribution in [0.3, 0.4) is 0 Å². The molecule has 0 spiro atoms. The van der Waals surface area contributed by atoms with Crippen LogP contribution in [0.5, 0.6) is 5.75 Å². The molecule has 0 aliphatic carbocycles. The Morgan fingerprint density at radius 1 is 1.29 bits per heavy atom. The average Bonchev–Trinajstić information content (AvgIpc) is 3.32. The molecular formula is C24H26ClFN6O3. The molecule has 3 heterocycles. The van der Waals surface area contributed by atoms with Crippen LogP contribution in [0.25, 0.3) is 11.3 Å². The standard InChI is InChI=1S/C24H26ClFN6O3/c1-15-12-31(23(33)35-24(2,3)4)8-7-18(15)16-9-19(25)21(27-11-16)13-34-17-5-6-22(20(26)10-17)32-14-28-29-30-32/h5-7,9-11,14-15H,8,12-13H2,1-4H3. The first-order valence-electron chi connectivity index (χ1n) is 11.1. The summed E-state index contributed by atoms with van der Waals surface area (Å²) in [6, 6.07) is 6.23. The molecule has 0 bridgehead atoms. The van der Waals surface area contributed by atoms with Gasteiger partial charge in [-0.05, 0) is 66.5 Å². The Balaban J connectivity index is 1.41. The van der Waals surface area contributed by atoms with Gasteiger partial charge in [-0.15, -0.1) is 5.10 Å². The van der Waals surface area contributed by atoms with Crippen molar-refractivity contribution in [1.82, 2.24) is 30.1 Å². The van der Waals surface area contributed by atoms with Gasteiger partial charge < -0.3 is 14.4 Å². The molecule has 184 valence electrons. The van der Waals surface area contributed by atoms with Gasteiger partial charge in [-0.25, -0.2) is 9.18 Å². The zero-order chi connectivity index (χ0) is 25.2. The summed E-state index contributed by atoms with van der Waals surface area (Å²) >= 11 is 6.48. The number of ether oxygens (including phenoxy) is 2. The maximum atomic E-state index is 14.4. The molecular weight excluding hydrogens is 475 g/mol. The van der Waals surface area contributed by atoms with E-state index in [0.717, 1.165) is 11.1 Å². The molecule has 1 aromatic carbocycles. The van der Waals surface area contributed by atoms with Crippen molar-refractivity contribution in [2.75, 3.05) is 13.1 Å². The first-order chi connectivity index (χ1) is 16.6. The van der Waals surface area contributed by atoms with Crippen molar-refractivity contribution in [3.63, 3.8) is 0 Å². The van der Waals surface area contributed by atoms with Gasteiger partial charge in [0, 0.05) is 25.4 Å². The summed E-state index contributed by atoms with van der Waals surface area (Å²) < 4.78 is 26.8. The molecule has 0 radical (unpaired) electrons. The normalized spacial score (nSPS) is 16.1. The Morgan fingerprint density at radius 3 is 2.71 bits per heavy atom. The van der Waals surface area contributed by atoms with Gasteiger partial charge in [-0.3, -0.25) is 4.98 Å². The Labute approximate surface area is 207 Å². The molecule has 1 aliphatic heterocycles. The average molecular weight is 501 g/mol. The van der Waals surface area contributed by atoms with Gasteiger partial charge in [-0.2, -0.15) is 4.68 Å². The van der Waals surface area contributed by atoms with E-state index in [1.54, 1.807) is 17.2 Å². The van der Waals surface area contributed by atoms with E-state index in [1.165, 1.54) is 23.1 Å². The van der Waals surface area contributed by atoms with Gasteiger partial charge in [0.25, 0.3) is 0 Å². The minimum Gasteiger partial charge on any atom is -0.487 e. The highest BCUT2D eigenvalue weighted by molar-refractivity contribution is 6.31. The van der Waals surface area contributed by atoms with Crippen LogP contribution in [0.2, 0.25) is 5.02 Å². The molecule has 0 saturated carbocycles. The van der Waals surface area contributed by atoms with E-state index < -0.39 is 11.4 Å². The molecule has 35 heavy (non-hydrogen) atoms. The SMILES string of the molecule is CC1CN(C(=O)OC(C)(C)C)CC=C1c1cnc(COc2ccc(-n3cnnn3)c(F)c2)c(Cl)c1. The van der Waals surface area contributed by atoms with E-state index in [0.29, 0.717) is 29.6 Å². The van der Waals surface area contributed by atoms with Crippen LogP contribution in [0.4, 0.5) is 9.18 Å². The quantitative estimate of drug-likeness (QED) is 0.501. The van der Waals surface area contributed by atoms with E-state index in [-0.39, 0.29) is 24.3 Å². The second kappa shape index (κ2) is 9.99. The van der Waals surface area contributed by atoms with Crippen LogP contribution in [-0.2, 0) is 11.3 Å². The lowest BCUT2D eigenvalue weighted by Gasteiger charge is -2.33. The van der Waals surface area contributed by atoms with Gasteiger partial charge in [0.05, 0.1) is 10.7 Å². The number of nitrogens with zero attached hydrogens (tertiary/aromatic N) is 6. The third-order valence-electron chi connectivity index (χ3n) is 5.35. The van der Waals surface area contributed by atoms with Gasteiger partial charge >= 0.3 is 6.09 Å². The zero-order valence-electron chi connectivity index (χ0n) is 19.9. The molecule has 11 heteroatoms. The number of aromatic nitrogens is 5. The van der Waals surface area contributed by atoms with Crippen LogP contribution in [-0.4, -0.2) is 54.9 Å². The van der Waals surface area contributed by atoms with Crippen molar-refractivity contribution in [1.29, 1.82) is 0 Å². The summed E-state index contributed by atoms with van der Waals surface area (Å²) in [5.74, 6) is -0.118. The third-order valence-corrected chi connectivity index (χ3v) is 5.68. The van der Waals surface area contributed by atoms with Gasteiger partial charge in [-0.1, -0.05) is 24.6 Å². The molecule has 1 unspecified atom stereocenters. The molecule has 3 aromatic rings. The van der Waals surface area contributed by atoms with E-state index in [1.807, 2.05) is 39.8 Å². The molecule has 1 amide bonds. The maximum absolute atomic E-state index is 14.4. The molecule has 0 N–H and O–H groups in total. The monoisotopic (exact) mass is 500 g/mol. The fourth-order valence-electron chi connectivity index (χ4n) is 3.71. The van der Waals surface area contributed by atoms with Crippen LogP contribution in [0, 0.1) is 11.7 Å². The van der Waals surface area contributed by atoms with Crippen molar-refractivity contribution in [3.8, 4) is 11.4 Å². The summed E-state index contributed by atoms with van der Waals surface area (Å²) in [6.45, 7) is 8.64. The Morgan fingerprint density at radius 2 is 2.09 bits per heavy atom. The number of benzene rings is 1. The second-order valence-electron chi connectivity index (χ2n) is 9.25. The van der Waals surface area contributed by atoms with Crippen LogP contribution >= 0.6 is 11.6 Å². The topological polar surface area (TPSA) is 95.3 Å². The fourth-order valence-corrected chi connectivity index (χ4v) is 3.93. The van der Waals surface area contributed by atoms with Crippen molar-refractivity contribution in [2.45, 2.75) is 39.9 Å². The summed E-state index contributed by atoms with van der Waals surface area (Å²) in [5.41, 5.74) is 2.14. The van der Waals surface area contributed by atoms with E-state index in [9.17, 15) is 9.18 Å². The number of halogens is 2. The smallest absolute Gasteiger partial charge is 0.410 e. The molecule has 0 saturated heterocycles. The lowest BCUT2D eigenvalue weighted by molar-refractivity contribution is 0.0251. The first-order valence-corrected chi connectivity index (χ1v) is 11.5. The predicted molar refractivity (Wildman–Crippen MR) is 128 cm³/mol.